The van der Waals surface area contributed by atoms with Gasteiger partial charge in [0.1, 0.15) is 11.2 Å². The van der Waals surface area contributed by atoms with Crippen LogP contribution < -0.4 is 5.32 Å². The van der Waals surface area contributed by atoms with Gasteiger partial charge >= 0.3 is 0 Å². The summed E-state index contributed by atoms with van der Waals surface area (Å²) in [6.07, 6.45) is 8.47. The van der Waals surface area contributed by atoms with Gasteiger partial charge in [-0.1, -0.05) is 13.0 Å². The van der Waals surface area contributed by atoms with Crippen molar-refractivity contribution in [2.75, 3.05) is 5.32 Å². The molecule has 0 saturated carbocycles. The molecule has 0 aliphatic carbocycles. The van der Waals surface area contributed by atoms with Crippen LogP contribution in [0.15, 0.2) is 67.4 Å². The van der Waals surface area contributed by atoms with Crippen molar-refractivity contribution >= 4 is 33.5 Å². The SMILES string of the molecule is CCCC(=O)Nc1cncc(-c2ccc3[nH]nc(-c4cc5c(-n6cnc(C)c6)cccc5[nH]4)c3n2)c1. The number of carbonyl (C=O) groups excluding carboxylic acids is 1. The van der Waals surface area contributed by atoms with Crippen molar-refractivity contribution in [2.45, 2.75) is 26.7 Å². The van der Waals surface area contributed by atoms with Gasteiger partial charge in [0.05, 0.1) is 46.5 Å². The second kappa shape index (κ2) is 8.77. The minimum absolute atomic E-state index is 0.0268. The summed E-state index contributed by atoms with van der Waals surface area (Å²) in [5.41, 5.74) is 8.39. The molecule has 0 saturated heterocycles. The first-order valence-corrected chi connectivity index (χ1v) is 11.8. The maximum absolute atomic E-state index is 12.0. The van der Waals surface area contributed by atoms with E-state index >= 15 is 0 Å². The molecule has 1 amide bonds. The van der Waals surface area contributed by atoms with Crippen LogP contribution in [-0.4, -0.2) is 40.6 Å². The number of aromatic amines is 2. The molecule has 6 rings (SSSR count). The molecule has 6 aromatic rings. The van der Waals surface area contributed by atoms with Gasteiger partial charge in [-0.15, -0.1) is 0 Å². The van der Waals surface area contributed by atoms with Crippen LogP contribution in [0.25, 0.3) is 50.3 Å². The smallest absolute Gasteiger partial charge is 0.224 e. The Morgan fingerprint density at radius 1 is 1.11 bits per heavy atom. The number of benzene rings is 1. The maximum atomic E-state index is 12.0. The highest BCUT2D eigenvalue weighted by molar-refractivity contribution is 5.97. The standard InChI is InChI=1S/C27H24N8O/c1-3-5-25(36)30-18-10-17(12-28-13-18)20-8-9-22-26(32-20)27(34-33-22)23-11-19-21(31-23)6-4-7-24(19)35-14-16(2)29-15-35/h4,6-15,31H,3,5H2,1-2H3,(H,30,36)(H,33,34). The number of aromatic nitrogens is 7. The van der Waals surface area contributed by atoms with Crippen molar-refractivity contribution in [3.8, 4) is 28.3 Å². The summed E-state index contributed by atoms with van der Waals surface area (Å²) in [6, 6.07) is 14.0. The number of fused-ring (bicyclic) bond motifs is 2. The summed E-state index contributed by atoms with van der Waals surface area (Å²) in [6.45, 7) is 3.95. The number of carbonyl (C=O) groups is 1. The molecule has 0 bridgehead atoms. The molecule has 0 unspecified atom stereocenters. The van der Waals surface area contributed by atoms with E-state index in [0.717, 1.165) is 62.4 Å². The first kappa shape index (κ1) is 21.7. The number of aryl methyl sites for hydroxylation is 1. The molecular formula is C27H24N8O. The Morgan fingerprint density at radius 2 is 2.03 bits per heavy atom. The molecule has 1 aromatic carbocycles. The summed E-state index contributed by atoms with van der Waals surface area (Å²) >= 11 is 0. The lowest BCUT2D eigenvalue weighted by Crippen LogP contribution is -2.10. The summed E-state index contributed by atoms with van der Waals surface area (Å²) < 4.78 is 2.02. The van der Waals surface area contributed by atoms with Gasteiger partial charge in [0, 0.05) is 35.3 Å². The van der Waals surface area contributed by atoms with Crippen LogP contribution in [0.4, 0.5) is 5.69 Å². The van der Waals surface area contributed by atoms with Crippen LogP contribution in [0.1, 0.15) is 25.5 Å². The van der Waals surface area contributed by atoms with Gasteiger partial charge in [0.25, 0.3) is 0 Å². The summed E-state index contributed by atoms with van der Waals surface area (Å²) in [5.74, 6) is -0.0268. The average molecular weight is 477 g/mol. The predicted octanol–water partition coefficient (Wildman–Crippen LogP) is 5.40. The van der Waals surface area contributed by atoms with Crippen molar-refractivity contribution in [3.05, 3.63) is 73.1 Å². The van der Waals surface area contributed by atoms with Crippen LogP contribution in [0.3, 0.4) is 0 Å². The number of amides is 1. The third kappa shape index (κ3) is 3.90. The highest BCUT2D eigenvalue weighted by Crippen LogP contribution is 2.32. The molecule has 0 spiro atoms. The second-order valence-corrected chi connectivity index (χ2v) is 8.77. The van der Waals surface area contributed by atoms with Gasteiger partial charge in [-0.3, -0.25) is 14.9 Å². The molecule has 3 N–H and O–H groups in total. The number of imidazole rings is 1. The summed E-state index contributed by atoms with van der Waals surface area (Å²) in [4.78, 5) is 29.1. The number of hydrogen-bond donors (Lipinski definition) is 3. The Labute approximate surface area is 206 Å². The van der Waals surface area contributed by atoms with Crippen LogP contribution in [0.5, 0.6) is 0 Å². The largest absolute Gasteiger partial charge is 0.353 e. The maximum Gasteiger partial charge on any atom is 0.224 e. The van der Waals surface area contributed by atoms with E-state index in [1.807, 2.05) is 61.3 Å². The molecule has 0 radical (unpaired) electrons. The van der Waals surface area contributed by atoms with Crippen molar-refractivity contribution in [1.82, 2.24) is 34.7 Å². The molecular weight excluding hydrogens is 452 g/mol. The topological polar surface area (TPSA) is 117 Å². The third-order valence-corrected chi connectivity index (χ3v) is 6.09. The molecule has 5 heterocycles. The van der Waals surface area contributed by atoms with Gasteiger partial charge < -0.3 is 14.9 Å². The minimum Gasteiger partial charge on any atom is -0.353 e. The Hall–Kier alpha value is -4.79. The normalized spacial score (nSPS) is 11.4. The Kier molecular flexibility index (Phi) is 5.29. The second-order valence-electron chi connectivity index (χ2n) is 8.77. The van der Waals surface area contributed by atoms with Gasteiger partial charge in [0.2, 0.25) is 5.91 Å². The minimum atomic E-state index is -0.0268. The van der Waals surface area contributed by atoms with E-state index in [-0.39, 0.29) is 5.91 Å². The van der Waals surface area contributed by atoms with Gasteiger partial charge in [0.15, 0.2) is 0 Å². The fourth-order valence-electron chi connectivity index (χ4n) is 4.39. The fourth-order valence-corrected chi connectivity index (χ4v) is 4.39. The Bertz CT molecular complexity index is 1720. The zero-order valence-electron chi connectivity index (χ0n) is 19.9. The summed E-state index contributed by atoms with van der Waals surface area (Å²) in [5, 5.41) is 11.6. The molecule has 9 nitrogen and oxygen atoms in total. The molecule has 5 aromatic heterocycles. The van der Waals surface area contributed by atoms with Crippen molar-refractivity contribution in [3.63, 3.8) is 0 Å². The van der Waals surface area contributed by atoms with E-state index in [9.17, 15) is 4.79 Å². The number of rotatable bonds is 6. The lowest BCUT2D eigenvalue weighted by Gasteiger charge is -2.06. The molecule has 0 aliphatic rings. The first-order valence-electron chi connectivity index (χ1n) is 11.8. The lowest BCUT2D eigenvalue weighted by molar-refractivity contribution is -0.116. The quantitative estimate of drug-likeness (QED) is 0.297. The van der Waals surface area contributed by atoms with Crippen LogP contribution in [0.2, 0.25) is 0 Å². The van der Waals surface area contributed by atoms with E-state index in [1.165, 1.54) is 0 Å². The first-order chi connectivity index (χ1) is 17.6. The number of nitrogens with one attached hydrogen (secondary N) is 3. The molecule has 0 atom stereocenters. The molecule has 9 heteroatoms. The van der Waals surface area contributed by atoms with E-state index < -0.39 is 0 Å². The van der Waals surface area contributed by atoms with Crippen molar-refractivity contribution in [2.24, 2.45) is 0 Å². The Morgan fingerprint density at radius 3 is 2.86 bits per heavy atom. The lowest BCUT2D eigenvalue weighted by atomic mass is 10.1. The van der Waals surface area contributed by atoms with E-state index in [4.69, 9.17) is 4.98 Å². The zero-order chi connectivity index (χ0) is 24.6. The summed E-state index contributed by atoms with van der Waals surface area (Å²) in [7, 11) is 0. The number of hydrogen-bond acceptors (Lipinski definition) is 5. The van der Waals surface area contributed by atoms with Crippen LogP contribution in [-0.2, 0) is 4.79 Å². The highest BCUT2D eigenvalue weighted by atomic mass is 16.1. The van der Waals surface area contributed by atoms with Crippen molar-refractivity contribution < 1.29 is 4.79 Å². The van der Waals surface area contributed by atoms with E-state index in [1.54, 1.807) is 12.4 Å². The number of H-pyrrole nitrogens is 2. The monoisotopic (exact) mass is 476 g/mol. The van der Waals surface area contributed by atoms with Crippen LogP contribution >= 0.6 is 0 Å². The fraction of sp³-hybridized carbons (Fsp3) is 0.148. The van der Waals surface area contributed by atoms with Crippen LogP contribution in [0, 0.1) is 6.92 Å². The molecule has 0 aliphatic heterocycles. The zero-order valence-corrected chi connectivity index (χ0v) is 19.9. The average Bonchev–Trinajstić information content (AvgIpc) is 3.61. The highest BCUT2D eigenvalue weighted by Gasteiger charge is 2.16. The van der Waals surface area contributed by atoms with Crippen molar-refractivity contribution in [1.29, 1.82) is 0 Å². The number of pyridine rings is 2. The van der Waals surface area contributed by atoms with Gasteiger partial charge in [-0.25, -0.2) is 9.97 Å². The number of nitrogens with zero attached hydrogens (tertiary/aromatic N) is 5. The number of anilines is 1. The van der Waals surface area contributed by atoms with E-state index in [2.05, 4.69) is 42.6 Å². The van der Waals surface area contributed by atoms with E-state index in [0.29, 0.717) is 12.1 Å². The molecule has 36 heavy (non-hydrogen) atoms. The third-order valence-electron chi connectivity index (χ3n) is 6.09. The van der Waals surface area contributed by atoms with Gasteiger partial charge in [-0.2, -0.15) is 5.10 Å². The Balaban J connectivity index is 1.40. The van der Waals surface area contributed by atoms with Gasteiger partial charge in [-0.05, 0) is 49.7 Å². The predicted molar refractivity (Wildman–Crippen MR) is 140 cm³/mol. The molecule has 0 fully saturated rings. The molecule has 178 valence electrons.